The van der Waals surface area contributed by atoms with Crippen LogP contribution in [-0.2, 0) is 6.61 Å². The first-order valence-corrected chi connectivity index (χ1v) is 8.09. The van der Waals surface area contributed by atoms with E-state index in [1.807, 2.05) is 47.2 Å². The maximum atomic E-state index is 5.91. The van der Waals surface area contributed by atoms with Crippen molar-refractivity contribution in [1.29, 1.82) is 0 Å². The second-order valence-corrected chi connectivity index (χ2v) is 5.64. The fourth-order valence-electron chi connectivity index (χ4n) is 2.79. The predicted octanol–water partition coefficient (Wildman–Crippen LogP) is 3.34. The number of aromatic nitrogens is 4. The summed E-state index contributed by atoms with van der Waals surface area (Å²) in [5, 5.41) is 0. The smallest absolute Gasteiger partial charge is 0.203 e. The molecular weight excluding hydrogens is 332 g/mol. The summed E-state index contributed by atoms with van der Waals surface area (Å²) in [6.45, 7) is 0.270. The normalized spacial score (nSPS) is 10.8. The number of para-hydroxylation sites is 1. The van der Waals surface area contributed by atoms with Crippen molar-refractivity contribution in [3.8, 4) is 22.9 Å². The zero-order valence-corrected chi connectivity index (χ0v) is 14.5. The van der Waals surface area contributed by atoms with Crippen molar-refractivity contribution in [2.24, 2.45) is 0 Å². The van der Waals surface area contributed by atoms with Crippen LogP contribution in [0.2, 0.25) is 0 Å². The summed E-state index contributed by atoms with van der Waals surface area (Å²) in [6, 6.07) is 11.5. The highest BCUT2D eigenvalue weighted by atomic mass is 16.5. The fourth-order valence-corrected chi connectivity index (χ4v) is 2.79. The van der Waals surface area contributed by atoms with E-state index in [2.05, 4.69) is 15.0 Å². The monoisotopic (exact) mass is 350 g/mol. The number of aromatic amines is 1. The molecule has 2 aromatic heterocycles. The lowest BCUT2D eigenvalue weighted by molar-refractivity contribution is 0.260. The fraction of sp³-hybridized carbons (Fsp3) is 0.158. The molecule has 0 saturated heterocycles. The molecule has 2 aromatic carbocycles. The zero-order chi connectivity index (χ0) is 17.9. The van der Waals surface area contributed by atoms with Gasteiger partial charge in [-0.25, -0.2) is 9.97 Å². The van der Waals surface area contributed by atoms with Gasteiger partial charge in [-0.05, 0) is 30.3 Å². The van der Waals surface area contributed by atoms with Crippen molar-refractivity contribution >= 4 is 11.0 Å². The molecule has 1 N–H and O–H groups in total. The first kappa shape index (κ1) is 16.0. The molecule has 0 spiro atoms. The second-order valence-electron chi connectivity index (χ2n) is 5.64. The molecule has 0 atom stereocenters. The minimum atomic E-state index is 0.270. The Hall–Kier alpha value is -3.48. The van der Waals surface area contributed by atoms with Crippen LogP contribution < -0.4 is 14.2 Å². The standard InChI is InChI=1S/C19H18N4O3/c1-24-16-4-3-5-17(25-2)19(16)26-11-18-21-14-7-6-13(10-15(14)22-18)23-9-8-20-12-23/h3-10,12H,11H2,1-2H3,(H,21,22). The number of fused-ring (bicyclic) bond motifs is 1. The number of rotatable bonds is 6. The van der Waals surface area contributed by atoms with Gasteiger partial charge in [0.1, 0.15) is 12.4 Å². The van der Waals surface area contributed by atoms with Gasteiger partial charge in [-0.15, -0.1) is 0 Å². The van der Waals surface area contributed by atoms with Crippen LogP contribution in [0.15, 0.2) is 55.1 Å². The van der Waals surface area contributed by atoms with E-state index in [4.69, 9.17) is 14.2 Å². The Morgan fingerprint density at radius 1 is 1.08 bits per heavy atom. The molecule has 7 nitrogen and oxygen atoms in total. The third-order valence-corrected chi connectivity index (χ3v) is 4.05. The first-order valence-electron chi connectivity index (χ1n) is 8.09. The molecule has 0 amide bonds. The van der Waals surface area contributed by atoms with Crippen molar-refractivity contribution in [2.75, 3.05) is 14.2 Å². The third kappa shape index (κ3) is 2.95. The molecule has 0 aliphatic heterocycles. The first-order chi connectivity index (χ1) is 12.8. The number of hydrogen-bond donors (Lipinski definition) is 1. The molecule has 4 aromatic rings. The van der Waals surface area contributed by atoms with E-state index in [-0.39, 0.29) is 6.61 Å². The van der Waals surface area contributed by atoms with Crippen LogP contribution in [0.3, 0.4) is 0 Å². The largest absolute Gasteiger partial charge is 0.493 e. The van der Waals surface area contributed by atoms with E-state index in [0.717, 1.165) is 22.5 Å². The summed E-state index contributed by atoms with van der Waals surface area (Å²) in [6.07, 6.45) is 5.40. The number of benzene rings is 2. The van der Waals surface area contributed by atoms with Crippen LogP contribution >= 0.6 is 0 Å². The topological polar surface area (TPSA) is 74.2 Å². The number of ether oxygens (including phenoxy) is 3. The van der Waals surface area contributed by atoms with Gasteiger partial charge in [-0.2, -0.15) is 0 Å². The van der Waals surface area contributed by atoms with Gasteiger partial charge in [-0.3, -0.25) is 0 Å². The van der Waals surface area contributed by atoms with Crippen molar-refractivity contribution in [3.63, 3.8) is 0 Å². The SMILES string of the molecule is COc1cccc(OC)c1OCc1nc2cc(-n3ccnc3)ccc2[nH]1. The Bertz CT molecular complexity index is 1000. The quantitative estimate of drug-likeness (QED) is 0.577. The molecule has 132 valence electrons. The lowest BCUT2D eigenvalue weighted by atomic mass is 10.3. The highest BCUT2D eigenvalue weighted by Gasteiger charge is 2.13. The van der Waals surface area contributed by atoms with Crippen LogP contribution in [0.1, 0.15) is 5.82 Å². The van der Waals surface area contributed by atoms with Crippen LogP contribution in [0.5, 0.6) is 17.2 Å². The average Bonchev–Trinajstić information content (AvgIpc) is 3.34. The van der Waals surface area contributed by atoms with Gasteiger partial charge in [0, 0.05) is 18.1 Å². The Morgan fingerprint density at radius 3 is 2.58 bits per heavy atom. The van der Waals surface area contributed by atoms with Crippen LogP contribution in [0.4, 0.5) is 0 Å². The number of hydrogen-bond acceptors (Lipinski definition) is 5. The molecule has 0 aliphatic carbocycles. The number of nitrogens with zero attached hydrogens (tertiary/aromatic N) is 3. The molecule has 0 fully saturated rings. The third-order valence-electron chi connectivity index (χ3n) is 4.05. The van der Waals surface area contributed by atoms with Gasteiger partial charge < -0.3 is 23.8 Å². The highest BCUT2D eigenvalue weighted by molar-refractivity contribution is 5.77. The van der Waals surface area contributed by atoms with Gasteiger partial charge in [0.05, 0.1) is 31.6 Å². The molecule has 0 radical (unpaired) electrons. The van der Waals surface area contributed by atoms with Gasteiger partial charge in [-0.1, -0.05) is 6.07 Å². The molecule has 0 saturated carbocycles. The van der Waals surface area contributed by atoms with E-state index >= 15 is 0 Å². The Labute approximate surface area is 150 Å². The minimum absolute atomic E-state index is 0.270. The van der Waals surface area contributed by atoms with Crippen molar-refractivity contribution in [3.05, 3.63) is 60.9 Å². The lowest BCUT2D eigenvalue weighted by Gasteiger charge is -2.13. The van der Waals surface area contributed by atoms with Gasteiger partial charge in [0.2, 0.25) is 5.75 Å². The summed E-state index contributed by atoms with van der Waals surface area (Å²) < 4.78 is 18.5. The van der Waals surface area contributed by atoms with Gasteiger partial charge >= 0.3 is 0 Å². The maximum absolute atomic E-state index is 5.91. The number of nitrogens with one attached hydrogen (secondary N) is 1. The highest BCUT2D eigenvalue weighted by Crippen LogP contribution is 2.37. The number of H-pyrrole nitrogens is 1. The summed E-state index contributed by atoms with van der Waals surface area (Å²) in [7, 11) is 3.20. The van der Waals surface area contributed by atoms with Crippen LogP contribution in [0, 0.1) is 0 Å². The summed E-state index contributed by atoms with van der Waals surface area (Å²) in [5.74, 6) is 2.50. The molecule has 4 rings (SSSR count). The molecule has 26 heavy (non-hydrogen) atoms. The zero-order valence-electron chi connectivity index (χ0n) is 14.5. The van der Waals surface area contributed by atoms with E-state index in [1.165, 1.54) is 0 Å². The van der Waals surface area contributed by atoms with Crippen molar-refractivity contribution < 1.29 is 14.2 Å². The molecular formula is C19H18N4O3. The Kier molecular flexibility index (Phi) is 4.18. The van der Waals surface area contributed by atoms with E-state index in [0.29, 0.717) is 17.2 Å². The predicted molar refractivity (Wildman–Crippen MR) is 97.1 cm³/mol. The molecule has 0 bridgehead atoms. The van der Waals surface area contributed by atoms with Crippen LogP contribution in [-0.4, -0.2) is 33.7 Å². The maximum Gasteiger partial charge on any atom is 0.203 e. The summed E-state index contributed by atoms with van der Waals surface area (Å²) >= 11 is 0. The Balaban J connectivity index is 1.59. The molecule has 0 aliphatic rings. The lowest BCUT2D eigenvalue weighted by Crippen LogP contribution is -2.01. The van der Waals surface area contributed by atoms with Crippen LogP contribution in [0.25, 0.3) is 16.7 Å². The van der Waals surface area contributed by atoms with E-state index < -0.39 is 0 Å². The summed E-state index contributed by atoms with van der Waals surface area (Å²) in [4.78, 5) is 12.0. The van der Waals surface area contributed by atoms with Crippen molar-refractivity contribution in [2.45, 2.75) is 6.61 Å². The number of methoxy groups -OCH3 is 2. The molecule has 7 heteroatoms. The second kappa shape index (κ2) is 6.79. The summed E-state index contributed by atoms with van der Waals surface area (Å²) in [5.41, 5.74) is 2.81. The van der Waals surface area contributed by atoms with Gasteiger partial charge in [0.15, 0.2) is 11.5 Å². The molecule has 0 unspecified atom stereocenters. The Morgan fingerprint density at radius 2 is 1.88 bits per heavy atom. The van der Waals surface area contributed by atoms with E-state index in [1.54, 1.807) is 26.7 Å². The average molecular weight is 350 g/mol. The molecule has 2 heterocycles. The van der Waals surface area contributed by atoms with Crippen molar-refractivity contribution in [1.82, 2.24) is 19.5 Å². The van der Waals surface area contributed by atoms with Gasteiger partial charge in [0.25, 0.3) is 0 Å². The minimum Gasteiger partial charge on any atom is -0.493 e. The number of imidazole rings is 2. The van der Waals surface area contributed by atoms with E-state index in [9.17, 15) is 0 Å².